The van der Waals surface area contributed by atoms with E-state index in [1.54, 1.807) is 6.07 Å². The number of nitrogens with zero attached hydrogens (tertiary/aromatic N) is 2. The second kappa shape index (κ2) is 7.11. The Balaban J connectivity index is 1.48. The Kier molecular flexibility index (Phi) is 4.51. The molecule has 6 heteroatoms. The van der Waals surface area contributed by atoms with Crippen LogP contribution in [0.4, 0.5) is 0 Å². The predicted molar refractivity (Wildman–Crippen MR) is 103 cm³/mol. The van der Waals surface area contributed by atoms with Crippen molar-refractivity contribution in [1.29, 1.82) is 0 Å². The minimum Gasteiger partial charge on any atom is -0.387 e. The first-order valence-electron chi connectivity index (χ1n) is 8.26. The number of aromatic nitrogens is 2. The van der Waals surface area contributed by atoms with E-state index in [-0.39, 0.29) is 12.5 Å². The van der Waals surface area contributed by atoms with Crippen molar-refractivity contribution >= 4 is 27.5 Å². The summed E-state index contributed by atoms with van der Waals surface area (Å²) in [6.07, 6.45) is 3.15. The van der Waals surface area contributed by atoms with E-state index in [9.17, 15) is 9.90 Å². The van der Waals surface area contributed by atoms with E-state index in [1.807, 2.05) is 71.6 Å². The lowest BCUT2D eigenvalue weighted by molar-refractivity contribution is 0.0916. The Labute approximate surface area is 154 Å². The Hall–Kier alpha value is -2.96. The van der Waals surface area contributed by atoms with Crippen LogP contribution in [0.1, 0.15) is 22.0 Å². The van der Waals surface area contributed by atoms with Crippen LogP contribution >= 0.6 is 11.3 Å². The highest BCUT2D eigenvalue weighted by molar-refractivity contribution is 7.20. The number of amides is 1. The number of thiazole rings is 1. The first kappa shape index (κ1) is 16.5. The van der Waals surface area contributed by atoms with Crippen LogP contribution in [-0.2, 0) is 0 Å². The van der Waals surface area contributed by atoms with Crippen LogP contribution in [0.25, 0.3) is 15.3 Å². The second-order valence-electron chi connectivity index (χ2n) is 5.91. The molecule has 0 spiro atoms. The molecule has 4 rings (SSSR count). The van der Waals surface area contributed by atoms with Crippen LogP contribution in [0.5, 0.6) is 0 Å². The third-order valence-electron chi connectivity index (χ3n) is 4.10. The van der Waals surface area contributed by atoms with Crippen molar-refractivity contribution < 1.29 is 9.90 Å². The number of aliphatic hydroxyl groups excluding tert-OH is 1. The molecular weight excluding hydrogens is 346 g/mol. The molecule has 1 amide bonds. The van der Waals surface area contributed by atoms with E-state index < -0.39 is 6.10 Å². The minimum absolute atomic E-state index is 0.165. The molecule has 2 N–H and O–H groups in total. The summed E-state index contributed by atoms with van der Waals surface area (Å²) in [5.74, 6) is -0.210. The Bertz CT molecular complexity index is 1030. The molecule has 4 aromatic rings. The highest BCUT2D eigenvalue weighted by atomic mass is 32.1. The second-order valence-corrected chi connectivity index (χ2v) is 6.91. The lowest BCUT2D eigenvalue weighted by Crippen LogP contribution is -2.28. The van der Waals surface area contributed by atoms with Crippen molar-refractivity contribution in [3.63, 3.8) is 0 Å². The van der Waals surface area contributed by atoms with Gasteiger partial charge in [-0.25, -0.2) is 4.98 Å². The minimum atomic E-state index is -0.729. The number of nitrogens with one attached hydrogen (secondary N) is 1. The van der Waals surface area contributed by atoms with Gasteiger partial charge in [0, 0.05) is 24.5 Å². The topological polar surface area (TPSA) is 67.2 Å². The predicted octanol–water partition coefficient (Wildman–Crippen LogP) is 3.55. The van der Waals surface area contributed by atoms with Crippen LogP contribution in [0.15, 0.2) is 73.1 Å². The van der Waals surface area contributed by atoms with E-state index in [2.05, 4.69) is 10.3 Å². The summed E-state index contributed by atoms with van der Waals surface area (Å²) in [7, 11) is 0. The Morgan fingerprint density at radius 3 is 2.65 bits per heavy atom. The smallest absolute Gasteiger partial charge is 0.251 e. The van der Waals surface area contributed by atoms with Crippen molar-refractivity contribution in [3.05, 3.63) is 84.2 Å². The van der Waals surface area contributed by atoms with E-state index >= 15 is 0 Å². The number of carbonyl (C=O) groups excluding carboxylic acids is 1. The molecule has 0 radical (unpaired) electrons. The van der Waals surface area contributed by atoms with E-state index in [0.29, 0.717) is 5.56 Å². The number of benzene rings is 2. The fraction of sp³-hybridized carbons (Fsp3) is 0.100. The summed E-state index contributed by atoms with van der Waals surface area (Å²) < 4.78 is 2.89. The number of rotatable bonds is 5. The molecule has 0 saturated carbocycles. The third-order valence-corrected chi connectivity index (χ3v) is 5.14. The molecule has 0 aliphatic carbocycles. The molecule has 0 bridgehead atoms. The highest BCUT2D eigenvalue weighted by Crippen LogP contribution is 2.26. The largest absolute Gasteiger partial charge is 0.387 e. The molecule has 5 nitrogen and oxygen atoms in total. The number of aliphatic hydroxyl groups is 1. The van der Waals surface area contributed by atoms with Crippen molar-refractivity contribution in [2.24, 2.45) is 0 Å². The van der Waals surface area contributed by atoms with Gasteiger partial charge in [-0.15, -0.1) is 0 Å². The summed E-state index contributed by atoms with van der Waals surface area (Å²) in [6.45, 7) is 0.165. The first-order valence-corrected chi connectivity index (χ1v) is 9.07. The van der Waals surface area contributed by atoms with Crippen LogP contribution < -0.4 is 5.32 Å². The van der Waals surface area contributed by atoms with Gasteiger partial charge < -0.3 is 15.0 Å². The normalized spacial score (nSPS) is 12.2. The molecule has 0 unspecified atom stereocenters. The maximum absolute atomic E-state index is 12.4. The summed E-state index contributed by atoms with van der Waals surface area (Å²) in [5.41, 5.74) is 2.20. The van der Waals surface area contributed by atoms with E-state index in [0.717, 1.165) is 20.9 Å². The van der Waals surface area contributed by atoms with Crippen molar-refractivity contribution in [2.75, 3.05) is 6.54 Å². The molecule has 0 aliphatic rings. The van der Waals surface area contributed by atoms with Gasteiger partial charge >= 0.3 is 0 Å². The number of fused-ring (bicyclic) bond motifs is 1. The standard InChI is InChI=1S/C20H17N3O2S/c24-17(14-6-2-1-3-7-14)13-21-19(25)15-8-9-16-18(12-15)26-20(22-16)23-10-4-5-11-23/h1-12,17,24H,13H2,(H,21,25)/t17-/m1/s1. The van der Waals surface area contributed by atoms with Crippen LogP contribution in [0.2, 0.25) is 0 Å². The van der Waals surface area contributed by atoms with Gasteiger partial charge in [-0.3, -0.25) is 4.79 Å². The average molecular weight is 363 g/mol. The molecule has 26 heavy (non-hydrogen) atoms. The molecule has 2 heterocycles. The average Bonchev–Trinajstić information content (AvgIpc) is 3.35. The van der Waals surface area contributed by atoms with Gasteiger partial charge in [0.1, 0.15) is 0 Å². The summed E-state index contributed by atoms with van der Waals surface area (Å²) in [5, 5.41) is 13.8. The van der Waals surface area contributed by atoms with Gasteiger partial charge in [-0.1, -0.05) is 41.7 Å². The van der Waals surface area contributed by atoms with E-state index in [1.165, 1.54) is 11.3 Å². The number of carbonyl (C=O) groups is 1. The lowest BCUT2D eigenvalue weighted by Gasteiger charge is -2.12. The maximum Gasteiger partial charge on any atom is 0.251 e. The zero-order chi connectivity index (χ0) is 17.9. The van der Waals surface area contributed by atoms with Crippen molar-refractivity contribution in [1.82, 2.24) is 14.9 Å². The maximum atomic E-state index is 12.4. The molecule has 0 saturated heterocycles. The first-order chi connectivity index (χ1) is 12.7. The molecule has 1 atom stereocenters. The Morgan fingerprint density at radius 2 is 1.88 bits per heavy atom. The molecular formula is C20H17N3O2S. The van der Waals surface area contributed by atoms with Gasteiger partial charge in [0.15, 0.2) is 5.13 Å². The molecule has 2 aromatic carbocycles. The molecule has 0 fully saturated rings. The van der Waals surface area contributed by atoms with Crippen molar-refractivity contribution in [3.8, 4) is 5.13 Å². The summed E-state index contributed by atoms with van der Waals surface area (Å²) in [4.78, 5) is 17.0. The SMILES string of the molecule is O=C(NC[C@@H](O)c1ccccc1)c1ccc2nc(-n3cccc3)sc2c1. The van der Waals surface area contributed by atoms with Gasteiger partial charge in [0.2, 0.25) is 0 Å². The lowest BCUT2D eigenvalue weighted by atomic mass is 10.1. The van der Waals surface area contributed by atoms with Gasteiger partial charge in [0.25, 0.3) is 5.91 Å². The monoisotopic (exact) mass is 363 g/mol. The van der Waals surface area contributed by atoms with Crippen LogP contribution in [0, 0.1) is 0 Å². The van der Waals surface area contributed by atoms with Gasteiger partial charge in [-0.05, 0) is 35.9 Å². The van der Waals surface area contributed by atoms with Crippen LogP contribution in [-0.4, -0.2) is 27.1 Å². The van der Waals surface area contributed by atoms with Gasteiger partial charge in [-0.2, -0.15) is 0 Å². The number of hydrogen-bond acceptors (Lipinski definition) is 4. The highest BCUT2D eigenvalue weighted by Gasteiger charge is 2.12. The number of hydrogen-bond donors (Lipinski definition) is 2. The van der Waals surface area contributed by atoms with Crippen molar-refractivity contribution in [2.45, 2.75) is 6.10 Å². The fourth-order valence-electron chi connectivity index (χ4n) is 2.71. The zero-order valence-corrected chi connectivity index (χ0v) is 14.7. The zero-order valence-electron chi connectivity index (χ0n) is 13.9. The molecule has 2 aromatic heterocycles. The molecule has 0 aliphatic heterocycles. The summed E-state index contributed by atoms with van der Waals surface area (Å²) in [6, 6.07) is 18.6. The van der Waals surface area contributed by atoms with E-state index in [4.69, 9.17) is 0 Å². The van der Waals surface area contributed by atoms with Gasteiger partial charge in [0.05, 0.1) is 16.3 Å². The summed E-state index contributed by atoms with van der Waals surface area (Å²) >= 11 is 1.53. The fourth-order valence-corrected chi connectivity index (χ4v) is 3.68. The third kappa shape index (κ3) is 3.37. The van der Waals surface area contributed by atoms with Crippen LogP contribution in [0.3, 0.4) is 0 Å². The Morgan fingerprint density at radius 1 is 1.12 bits per heavy atom. The quantitative estimate of drug-likeness (QED) is 0.570. The molecule has 130 valence electrons.